The molecule has 0 fully saturated rings. The number of furan rings is 1. The number of allylic oxidation sites excluding steroid dienone is 4. The largest absolute Gasteiger partial charge is 0.508 e. The normalized spacial score (nSPS) is 13.7. The number of para-hydroxylation sites is 2. The number of ether oxygens (including phenoxy) is 1. The van der Waals surface area contributed by atoms with Crippen molar-refractivity contribution in [2.75, 3.05) is 0 Å². The van der Waals surface area contributed by atoms with Crippen LogP contribution in [0.1, 0.15) is 59.4 Å². The Labute approximate surface area is 282 Å². The van der Waals surface area contributed by atoms with E-state index in [1.807, 2.05) is 18.2 Å². The second-order valence-electron chi connectivity index (χ2n) is 14.6. The SMILES string of the molecule is C/C=C(\C=C/CC(C)(C)C)B1c2ccc(C(C)C)cc2Oc2cc(-n3c4ccccc4c4ccc5oc6ccccc6c5c43)cc(O)c21. The van der Waals surface area contributed by atoms with Gasteiger partial charge in [0.25, 0.3) is 6.71 Å². The molecule has 1 aliphatic heterocycles. The highest BCUT2D eigenvalue weighted by atomic mass is 16.5. The van der Waals surface area contributed by atoms with Crippen LogP contribution in [0.25, 0.3) is 49.4 Å². The molecule has 0 spiro atoms. The van der Waals surface area contributed by atoms with Gasteiger partial charge in [0.1, 0.15) is 28.4 Å². The van der Waals surface area contributed by atoms with Gasteiger partial charge in [0.15, 0.2) is 0 Å². The van der Waals surface area contributed by atoms with E-state index in [4.69, 9.17) is 9.15 Å². The zero-order valence-corrected chi connectivity index (χ0v) is 28.5. The van der Waals surface area contributed by atoms with Crippen LogP contribution in [-0.2, 0) is 0 Å². The fourth-order valence-corrected chi connectivity index (χ4v) is 7.40. The average Bonchev–Trinajstić information content (AvgIpc) is 3.61. The highest BCUT2D eigenvalue weighted by Gasteiger charge is 2.36. The maximum atomic E-state index is 12.1. The quantitative estimate of drug-likeness (QED) is 0.152. The summed E-state index contributed by atoms with van der Waals surface area (Å²) in [5.41, 5.74) is 9.01. The second-order valence-corrected chi connectivity index (χ2v) is 14.6. The molecule has 3 heterocycles. The molecule has 5 heteroatoms. The maximum absolute atomic E-state index is 12.1. The fraction of sp³-hybridized carbons (Fsp3) is 0.209. The van der Waals surface area contributed by atoms with Gasteiger partial charge in [0, 0.05) is 33.8 Å². The molecule has 48 heavy (non-hydrogen) atoms. The monoisotopic (exact) mass is 629 g/mol. The highest BCUT2D eigenvalue weighted by Crippen LogP contribution is 2.42. The van der Waals surface area contributed by atoms with Crippen LogP contribution in [0.3, 0.4) is 0 Å². The molecule has 0 bridgehead atoms. The number of hydrogen-bond donors (Lipinski definition) is 1. The molecule has 4 nitrogen and oxygen atoms in total. The molecule has 0 saturated carbocycles. The standard InChI is InChI=1S/C43H40BNO3/c1-7-28(13-12-22-43(4,5)6)44-33-20-18-27(26(2)3)23-38(33)48-39-25-29(24-35(46)41(39)44)45-34-16-10-8-14-30(34)31-19-21-37-40(42(31)45)32-15-9-11-17-36(32)47-37/h7-21,23-26,46H,22H2,1-6H3/b13-12-,28-7+. The first-order valence-electron chi connectivity index (χ1n) is 17.0. The van der Waals surface area contributed by atoms with Crippen LogP contribution in [0.15, 0.2) is 119 Å². The predicted molar refractivity (Wildman–Crippen MR) is 202 cm³/mol. The average molecular weight is 630 g/mol. The number of hydrogen-bond acceptors (Lipinski definition) is 3. The van der Waals surface area contributed by atoms with Crippen molar-refractivity contribution < 1.29 is 14.3 Å². The van der Waals surface area contributed by atoms with Gasteiger partial charge < -0.3 is 18.8 Å². The number of benzene rings is 5. The van der Waals surface area contributed by atoms with Crippen molar-refractivity contribution >= 4 is 61.4 Å². The maximum Gasteiger partial charge on any atom is 0.255 e. The van der Waals surface area contributed by atoms with Crippen molar-refractivity contribution in [3.63, 3.8) is 0 Å². The minimum atomic E-state index is -0.178. The lowest BCUT2D eigenvalue weighted by atomic mass is 9.35. The van der Waals surface area contributed by atoms with Crippen LogP contribution >= 0.6 is 0 Å². The second kappa shape index (κ2) is 11.2. The molecule has 8 rings (SSSR count). The predicted octanol–water partition coefficient (Wildman–Crippen LogP) is 10.7. The van der Waals surface area contributed by atoms with Gasteiger partial charge in [0.2, 0.25) is 0 Å². The zero-order valence-electron chi connectivity index (χ0n) is 28.5. The molecule has 1 aliphatic rings. The lowest BCUT2D eigenvalue weighted by molar-refractivity contribution is 0.420. The van der Waals surface area contributed by atoms with Crippen molar-refractivity contribution in [2.24, 2.45) is 5.41 Å². The first kappa shape index (κ1) is 30.2. The zero-order chi connectivity index (χ0) is 33.3. The van der Waals surface area contributed by atoms with Gasteiger partial charge in [-0.2, -0.15) is 0 Å². The lowest BCUT2D eigenvalue weighted by Gasteiger charge is -2.29. The van der Waals surface area contributed by atoms with E-state index in [2.05, 4.69) is 137 Å². The molecular formula is C43H40BNO3. The highest BCUT2D eigenvalue weighted by molar-refractivity contribution is 6.93. The van der Waals surface area contributed by atoms with Crippen molar-refractivity contribution in [3.05, 3.63) is 120 Å². The molecule has 238 valence electrons. The van der Waals surface area contributed by atoms with E-state index < -0.39 is 0 Å². The number of aromatic hydroxyl groups is 1. The van der Waals surface area contributed by atoms with Crippen LogP contribution < -0.4 is 15.7 Å². The summed E-state index contributed by atoms with van der Waals surface area (Å²) in [6.45, 7) is 13.1. The summed E-state index contributed by atoms with van der Waals surface area (Å²) in [4.78, 5) is 0. The third kappa shape index (κ3) is 4.83. The Morgan fingerprint density at radius 2 is 1.62 bits per heavy atom. The van der Waals surface area contributed by atoms with Crippen LogP contribution in [0, 0.1) is 5.41 Å². The lowest BCUT2D eigenvalue weighted by Crippen LogP contribution is -2.48. The van der Waals surface area contributed by atoms with Crippen LogP contribution in [0.2, 0.25) is 0 Å². The van der Waals surface area contributed by atoms with E-state index in [-0.39, 0.29) is 17.9 Å². The number of phenolic OH excluding ortho intramolecular Hbond substituents is 1. The Kier molecular flexibility index (Phi) is 7.06. The number of phenols is 1. The number of aromatic nitrogens is 1. The van der Waals surface area contributed by atoms with Crippen LogP contribution in [-0.4, -0.2) is 16.4 Å². The van der Waals surface area contributed by atoms with Gasteiger partial charge >= 0.3 is 0 Å². The Hall–Kier alpha value is -5.16. The minimum Gasteiger partial charge on any atom is -0.508 e. The number of nitrogens with zero attached hydrogens (tertiary/aromatic N) is 1. The Morgan fingerprint density at radius 3 is 2.40 bits per heavy atom. The summed E-state index contributed by atoms with van der Waals surface area (Å²) in [5, 5.41) is 16.5. The Bertz CT molecular complexity index is 2450. The molecule has 2 aromatic heterocycles. The van der Waals surface area contributed by atoms with E-state index >= 15 is 0 Å². The van der Waals surface area contributed by atoms with Gasteiger partial charge in [-0.3, -0.25) is 0 Å². The first-order chi connectivity index (χ1) is 23.1. The number of rotatable bonds is 5. The van der Waals surface area contributed by atoms with Gasteiger partial charge in [-0.05, 0) is 66.0 Å². The van der Waals surface area contributed by atoms with Gasteiger partial charge in [-0.25, -0.2) is 0 Å². The summed E-state index contributed by atoms with van der Waals surface area (Å²) in [6, 6.07) is 31.4. The molecule has 0 saturated heterocycles. The molecule has 0 amide bonds. The van der Waals surface area contributed by atoms with E-state index in [1.54, 1.807) is 0 Å². The Balaban J connectivity index is 1.39. The Morgan fingerprint density at radius 1 is 0.854 bits per heavy atom. The fourth-order valence-electron chi connectivity index (χ4n) is 7.40. The molecule has 5 aromatic carbocycles. The molecule has 7 aromatic rings. The smallest absolute Gasteiger partial charge is 0.255 e. The molecule has 1 N–H and O–H groups in total. The van der Waals surface area contributed by atoms with Crippen molar-refractivity contribution in [1.29, 1.82) is 0 Å². The molecule has 0 atom stereocenters. The molecule has 0 radical (unpaired) electrons. The summed E-state index contributed by atoms with van der Waals surface area (Å²) < 4.78 is 15.4. The molecule has 0 unspecified atom stereocenters. The van der Waals surface area contributed by atoms with E-state index in [0.29, 0.717) is 11.7 Å². The van der Waals surface area contributed by atoms with E-state index in [0.717, 1.165) is 78.0 Å². The summed E-state index contributed by atoms with van der Waals surface area (Å²) in [5.74, 6) is 2.08. The van der Waals surface area contributed by atoms with Gasteiger partial charge in [0.05, 0.1) is 22.1 Å². The van der Waals surface area contributed by atoms with Crippen LogP contribution in [0.5, 0.6) is 17.2 Å². The first-order valence-corrected chi connectivity index (χ1v) is 17.0. The molecule has 0 aliphatic carbocycles. The van der Waals surface area contributed by atoms with Gasteiger partial charge in [-0.15, -0.1) is 0 Å². The minimum absolute atomic E-state index is 0.178. The summed E-state index contributed by atoms with van der Waals surface area (Å²) >= 11 is 0. The third-order valence-corrected chi connectivity index (χ3v) is 9.77. The summed E-state index contributed by atoms with van der Waals surface area (Å²) in [6.07, 6.45) is 7.61. The van der Waals surface area contributed by atoms with Crippen molar-refractivity contribution in [1.82, 2.24) is 4.57 Å². The third-order valence-electron chi connectivity index (χ3n) is 9.77. The summed E-state index contributed by atoms with van der Waals surface area (Å²) in [7, 11) is 0. The topological polar surface area (TPSA) is 47.5 Å². The van der Waals surface area contributed by atoms with Crippen LogP contribution in [0.4, 0.5) is 0 Å². The van der Waals surface area contributed by atoms with Crippen molar-refractivity contribution in [2.45, 2.75) is 53.9 Å². The number of fused-ring (bicyclic) bond motifs is 9. The van der Waals surface area contributed by atoms with Gasteiger partial charge in [-0.1, -0.05) is 107 Å². The molecular weight excluding hydrogens is 589 g/mol. The van der Waals surface area contributed by atoms with E-state index in [1.165, 1.54) is 5.56 Å². The van der Waals surface area contributed by atoms with E-state index in [9.17, 15) is 5.11 Å². The van der Waals surface area contributed by atoms with Crippen molar-refractivity contribution in [3.8, 4) is 22.9 Å².